The number of rotatable bonds is 11. The number of anilines is 3. The van der Waals surface area contributed by atoms with Gasteiger partial charge in [-0.25, -0.2) is 9.78 Å². The number of hydrogen-bond donors (Lipinski definition) is 5. The van der Waals surface area contributed by atoms with Crippen LogP contribution in [0.1, 0.15) is 54.7 Å². The van der Waals surface area contributed by atoms with Crippen molar-refractivity contribution in [3.8, 4) is 0 Å². The Labute approximate surface area is 317 Å². The maximum Gasteiger partial charge on any atom is 0.319 e. The number of imidazole rings is 1. The third kappa shape index (κ3) is 7.53. The van der Waals surface area contributed by atoms with E-state index in [9.17, 15) is 15.0 Å². The molecule has 0 bridgehead atoms. The SMILES string of the molecule is CCc1nnn([C@H]2C[C@@H](n3cnc4c(NCC(c5ccccc5)c5ccccc5)nc(N5CC[C@@H](NC(=O)Nc6cccnc6)C5)nc43)[C@H](O)[C@@H]2O)n1.Cl. The number of pyridine rings is 1. The number of aryl methyl sites for hydroxylation is 1. The van der Waals surface area contributed by atoms with Gasteiger partial charge in [0.2, 0.25) is 5.95 Å². The number of hydrogen-bond acceptors (Lipinski definition) is 12. The second kappa shape index (κ2) is 16.1. The van der Waals surface area contributed by atoms with Gasteiger partial charge in [-0.1, -0.05) is 67.6 Å². The summed E-state index contributed by atoms with van der Waals surface area (Å²) in [6.45, 7) is 3.55. The topological polar surface area (TPSA) is 197 Å². The number of nitrogens with one attached hydrogen (secondary N) is 3. The summed E-state index contributed by atoms with van der Waals surface area (Å²) in [6, 6.07) is 22.6. The number of carbonyl (C=O) groups is 1. The van der Waals surface area contributed by atoms with Gasteiger partial charge in [-0.2, -0.15) is 14.8 Å². The largest absolute Gasteiger partial charge is 0.388 e. The standard InChI is InChI=1S/C37H41N13O3.ClH/c1-2-30-45-47-50(46-30)29-18-28(32(51)33(29)52)49-22-40-31-34(39-20-27(23-10-5-3-6-11-23)24-12-7-4-8-13-24)43-36(44-35(31)49)48-17-15-26(21-48)42-37(53)41-25-14-9-16-38-19-25;/h3-14,16,19,22,26-29,32-33,51-52H,2,15,17-18,20-21H2,1H3,(H,39,43,44)(H2,41,42,53);1H/t26-,28-,29+,32+,33-;/m1./s1. The molecule has 16 nitrogen and oxygen atoms in total. The first kappa shape index (κ1) is 36.6. The van der Waals surface area contributed by atoms with Crippen LogP contribution >= 0.6 is 12.4 Å². The molecule has 4 aromatic heterocycles. The number of benzene rings is 2. The highest BCUT2D eigenvalue weighted by Gasteiger charge is 2.45. The van der Waals surface area contributed by atoms with Crippen LogP contribution < -0.4 is 20.9 Å². The molecule has 17 heteroatoms. The van der Waals surface area contributed by atoms with E-state index in [-0.39, 0.29) is 30.4 Å². The quantitative estimate of drug-likeness (QED) is 0.129. The lowest BCUT2D eigenvalue weighted by Crippen LogP contribution is -2.40. The number of nitrogens with zero attached hydrogens (tertiary/aromatic N) is 10. The molecule has 6 aromatic rings. The summed E-state index contributed by atoms with van der Waals surface area (Å²) in [5.74, 6) is 1.59. The van der Waals surface area contributed by atoms with Crippen LogP contribution in [-0.2, 0) is 6.42 Å². The lowest BCUT2D eigenvalue weighted by atomic mass is 9.91. The van der Waals surface area contributed by atoms with Crippen LogP contribution in [0, 0.1) is 0 Å². The number of halogens is 1. The first-order valence-corrected chi connectivity index (χ1v) is 17.9. The molecule has 0 unspecified atom stereocenters. The van der Waals surface area contributed by atoms with Crippen LogP contribution in [-0.4, -0.2) is 98.8 Å². The van der Waals surface area contributed by atoms with Gasteiger partial charge in [-0.15, -0.1) is 22.6 Å². The lowest BCUT2D eigenvalue weighted by Gasteiger charge is -2.22. The Balaban J connectivity index is 0.00000450. The van der Waals surface area contributed by atoms with Gasteiger partial charge in [0, 0.05) is 44.2 Å². The van der Waals surface area contributed by atoms with E-state index in [0.29, 0.717) is 73.3 Å². The predicted molar refractivity (Wildman–Crippen MR) is 205 cm³/mol. The third-order valence-corrected chi connectivity index (χ3v) is 10.1. The van der Waals surface area contributed by atoms with Crippen molar-refractivity contribution in [2.24, 2.45) is 0 Å². The second-order valence-corrected chi connectivity index (χ2v) is 13.5. The molecule has 54 heavy (non-hydrogen) atoms. The number of tetrazole rings is 1. The Hall–Kier alpha value is -5.71. The fourth-order valence-electron chi connectivity index (χ4n) is 7.29. The zero-order valence-corrected chi connectivity index (χ0v) is 30.4. The number of fused-ring (bicyclic) bond motifs is 1. The molecule has 280 valence electrons. The van der Waals surface area contributed by atoms with Gasteiger partial charge in [0.05, 0.1) is 24.3 Å². The molecular formula is C37H42ClN13O3. The molecule has 2 aromatic carbocycles. The summed E-state index contributed by atoms with van der Waals surface area (Å²) in [4.78, 5) is 35.1. The number of urea groups is 1. The van der Waals surface area contributed by atoms with Crippen molar-refractivity contribution < 1.29 is 15.0 Å². The van der Waals surface area contributed by atoms with E-state index >= 15 is 0 Å². The fraction of sp³-hybridized carbons (Fsp3) is 0.351. The Morgan fingerprint density at radius 2 is 1.70 bits per heavy atom. The first-order chi connectivity index (χ1) is 25.9. The molecule has 1 saturated carbocycles. The molecule has 2 aliphatic rings. The highest BCUT2D eigenvalue weighted by Crippen LogP contribution is 2.40. The average molecular weight is 752 g/mol. The number of carbonyl (C=O) groups excluding carboxylic acids is 1. The van der Waals surface area contributed by atoms with Gasteiger partial charge in [0.15, 0.2) is 22.8 Å². The van der Waals surface area contributed by atoms with Gasteiger partial charge in [0.25, 0.3) is 0 Å². The van der Waals surface area contributed by atoms with E-state index in [1.807, 2.05) is 52.8 Å². The molecule has 1 aliphatic carbocycles. The molecule has 5 atom stereocenters. The number of amides is 2. The van der Waals surface area contributed by atoms with Crippen molar-refractivity contribution in [1.29, 1.82) is 0 Å². The van der Waals surface area contributed by atoms with Crippen LogP contribution in [0.25, 0.3) is 11.2 Å². The molecule has 0 radical (unpaired) electrons. The van der Waals surface area contributed by atoms with E-state index in [0.717, 1.165) is 11.1 Å². The van der Waals surface area contributed by atoms with Crippen molar-refractivity contribution in [3.63, 3.8) is 0 Å². The normalized spacial score (nSPS) is 21.0. The van der Waals surface area contributed by atoms with Gasteiger partial charge in [-0.3, -0.25) is 4.98 Å². The number of aliphatic hydroxyl groups excluding tert-OH is 2. The van der Waals surface area contributed by atoms with Crippen molar-refractivity contribution in [2.45, 2.75) is 62.4 Å². The zero-order chi connectivity index (χ0) is 36.3. The van der Waals surface area contributed by atoms with E-state index in [1.165, 1.54) is 4.80 Å². The molecule has 8 rings (SSSR count). The second-order valence-electron chi connectivity index (χ2n) is 13.5. The van der Waals surface area contributed by atoms with E-state index in [1.54, 1.807) is 30.9 Å². The summed E-state index contributed by atoms with van der Waals surface area (Å²) in [7, 11) is 0. The van der Waals surface area contributed by atoms with E-state index in [4.69, 9.17) is 15.0 Å². The maximum absolute atomic E-state index is 12.8. The van der Waals surface area contributed by atoms with Crippen LogP contribution in [0.15, 0.2) is 91.5 Å². The Kier molecular flexibility index (Phi) is 10.9. The summed E-state index contributed by atoms with van der Waals surface area (Å²) >= 11 is 0. The van der Waals surface area contributed by atoms with Crippen molar-refractivity contribution in [3.05, 3.63) is 108 Å². The summed E-state index contributed by atoms with van der Waals surface area (Å²) in [6.07, 6.45) is 4.25. The van der Waals surface area contributed by atoms with Gasteiger partial charge >= 0.3 is 6.03 Å². The maximum atomic E-state index is 12.8. The van der Waals surface area contributed by atoms with E-state index in [2.05, 4.69) is 60.6 Å². The van der Waals surface area contributed by atoms with Crippen molar-refractivity contribution in [1.82, 2.24) is 50.0 Å². The molecule has 0 spiro atoms. The summed E-state index contributed by atoms with van der Waals surface area (Å²) in [5.41, 5.74) is 3.96. The smallest absolute Gasteiger partial charge is 0.319 e. The molecule has 2 fully saturated rings. The van der Waals surface area contributed by atoms with Gasteiger partial charge < -0.3 is 35.6 Å². The molecule has 1 saturated heterocycles. The minimum Gasteiger partial charge on any atom is -0.388 e. The Bertz CT molecular complexity index is 2110. The molecule has 5 N–H and O–H groups in total. The first-order valence-electron chi connectivity index (χ1n) is 17.9. The lowest BCUT2D eigenvalue weighted by molar-refractivity contribution is 0.00473. The third-order valence-electron chi connectivity index (χ3n) is 10.1. The highest BCUT2D eigenvalue weighted by atomic mass is 35.5. The summed E-state index contributed by atoms with van der Waals surface area (Å²) in [5, 5.41) is 44.7. The minimum absolute atomic E-state index is 0. The highest BCUT2D eigenvalue weighted by molar-refractivity contribution is 5.89. The van der Waals surface area contributed by atoms with E-state index < -0.39 is 24.3 Å². The molecule has 2 amide bonds. The van der Waals surface area contributed by atoms with Gasteiger partial charge in [0.1, 0.15) is 18.2 Å². The van der Waals surface area contributed by atoms with Crippen LogP contribution in [0.5, 0.6) is 0 Å². The molecule has 1 aliphatic heterocycles. The fourth-order valence-corrected chi connectivity index (χ4v) is 7.29. The summed E-state index contributed by atoms with van der Waals surface area (Å²) < 4.78 is 1.82. The molecule has 5 heterocycles. The predicted octanol–water partition coefficient (Wildman–Crippen LogP) is 3.74. The van der Waals surface area contributed by atoms with Crippen LogP contribution in [0.3, 0.4) is 0 Å². The Morgan fingerprint density at radius 3 is 2.39 bits per heavy atom. The zero-order valence-electron chi connectivity index (χ0n) is 29.6. The Morgan fingerprint density at radius 1 is 0.963 bits per heavy atom. The van der Waals surface area contributed by atoms with Crippen LogP contribution in [0.2, 0.25) is 0 Å². The minimum atomic E-state index is -1.14. The van der Waals surface area contributed by atoms with Gasteiger partial charge in [-0.05, 0) is 41.3 Å². The van der Waals surface area contributed by atoms with Crippen LogP contribution in [0.4, 0.5) is 22.2 Å². The number of aromatic nitrogens is 9. The number of aliphatic hydroxyl groups is 2. The monoisotopic (exact) mass is 751 g/mol. The van der Waals surface area contributed by atoms with Crippen molar-refractivity contribution in [2.75, 3.05) is 35.2 Å². The molecular weight excluding hydrogens is 710 g/mol. The van der Waals surface area contributed by atoms with Crippen molar-refractivity contribution >= 4 is 47.1 Å². The average Bonchev–Trinajstić information content (AvgIpc) is 4.00.